The van der Waals surface area contributed by atoms with Crippen LogP contribution in [-0.2, 0) is 0 Å². The largest absolute Gasteiger partial charge is 0.0984 e. The van der Waals surface area contributed by atoms with Crippen LogP contribution in [0, 0.1) is 6.58 Å². The standard InChI is InChI=1S/C12H11/c1-4-10-8-7-9-11(5-2)12(10)6-3/h1,4-9H,2-3H2. The highest BCUT2D eigenvalue weighted by molar-refractivity contribution is 5.72. The van der Waals surface area contributed by atoms with Gasteiger partial charge in [-0.05, 0) is 16.7 Å². The van der Waals surface area contributed by atoms with Gasteiger partial charge in [-0.2, -0.15) is 0 Å². The van der Waals surface area contributed by atoms with Crippen LogP contribution in [0.5, 0.6) is 0 Å². The molecule has 0 saturated heterocycles. The highest BCUT2D eigenvalue weighted by Gasteiger charge is 1.98. The number of hydrogen-bond donors (Lipinski definition) is 0. The number of benzene rings is 1. The second-order valence-electron chi connectivity index (χ2n) is 2.43. The second kappa shape index (κ2) is 3.72. The summed E-state index contributed by atoms with van der Waals surface area (Å²) in [6.07, 6.45) is 5.16. The molecule has 0 unspecified atom stereocenters. The van der Waals surface area contributed by atoms with Gasteiger partial charge in [0.05, 0.1) is 0 Å². The molecule has 0 aliphatic heterocycles. The average Bonchev–Trinajstić information content (AvgIpc) is 2.16. The van der Waals surface area contributed by atoms with Crippen molar-refractivity contribution in [3.8, 4) is 0 Å². The van der Waals surface area contributed by atoms with Crippen molar-refractivity contribution in [3.05, 3.63) is 54.6 Å². The minimum atomic E-state index is 0.988. The highest BCUT2D eigenvalue weighted by Crippen LogP contribution is 2.17. The van der Waals surface area contributed by atoms with Crippen molar-refractivity contribution < 1.29 is 0 Å². The summed E-state index contributed by atoms with van der Waals surface area (Å²) in [7, 11) is 0. The van der Waals surface area contributed by atoms with E-state index in [2.05, 4.69) is 13.2 Å². The molecule has 0 saturated carbocycles. The van der Waals surface area contributed by atoms with Crippen LogP contribution in [0.4, 0.5) is 0 Å². The highest BCUT2D eigenvalue weighted by atomic mass is 14.0. The van der Waals surface area contributed by atoms with Crippen LogP contribution >= 0.6 is 0 Å². The fraction of sp³-hybridized carbons (Fsp3) is 0. The first-order valence-electron chi connectivity index (χ1n) is 3.76. The molecule has 0 spiro atoms. The Kier molecular flexibility index (Phi) is 2.65. The Morgan fingerprint density at radius 1 is 1.08 bits per heavy atom. The number of hydrogen-bond acceptors (Lipinski definition) is 0. The Morgan fingerprint density at radius 3 is 2.25 bits per heavy atom. The van der Waals surface area contributed by atoms with E-state index in [1.165, 1.54) is 0 Å². The van der Waals surface area contributed by atoms with Gasteiger partial charge in [0, 0.05) is 0 Å². The summed E-state index contributed by atoms with van der Waals surface area (Å²) in [6.45, 7) is 12.9. The van der Waals surface area contributed by atoms with Crippen molar-refractivity contribution in [1.82, 2.24) is 0 Å². The zero-order valence-corrected chi connectivity index (χ0v) is 6.96. The van der Waals surface area contributed by atoms with Gasteiger partial charge in [0.2, 0.25) is 0 Å². The van der Waals surface area contributed by atoms with Gasteiger partial charge in [0.1, 0.15) is 0 Å². The Morgan fingerprint density at radius 2 is 1.75 bits per heavy atom. The first-order valence-corrected chi connectivity index (χ1v) is 3.76. The van der Waals surface area contributed by atoms with E-state index >= 15 is 0 Å². The van der Waals surface area contributed by atoms with Gasteiger partial charge in [-0.3, -0.25) is 0 Å². The maximum Gasteiger partial charge on any atom is -0.0118 e. The lowest BCUT2D eigenvalue weighted by Gasteiger charge is -2.03. The van der Waals surface area contributed by atoms with Crippen molar-refractivity contribution in [2.75, 3.05) is 0 Å². The monoisotopic (exact) mass is 155 g/mol. The van der Waals surface area contributed by atoms with E-state index in [1.807, 2.05) is 18.2 Å². The van der Waals surface area contributed by atoms with Gasteiger partial charge in [-0.25, -0.2) is 0 Å². The van der Waals surface area contributed by atoms with Crippen molar-refractivity contribution in [2.24, 2.45) is 0 Å². The molecule has 1 rings (SSSR count). The van der Waals surface area contributed by atoms with Crippen molar-refractivity contribution >= 4 is 18.2 Å². The Labute approximate surface area is 73.6 Å². The van der Waals surface area contributed by atoms with E-state index in [9.17, 15) is 0 Å². The fourth-order valence-corrected chi connectivity index (χ4v) is 1.16. The zero-order chi connectivity index (χ0) is 8.97. The average molecular weight is 155 g/mol. The first kappa shape index (κ1) is 8.54. The van der Waals surface area contributed by atoms with Crippen LogP contribution in [0.3, 0.4) is 0 Å². The molecule has 0 aliphatic rings. The maximum atomic E-state index is 5.44. The molecule has 0 amide bonds. The molecule has 0 nitrogen and oxygen atoms in total. The smallest absolute Gasteiger partial charge is 0.0118 e. The molecule has 12 heavy (non-hydrogen) atoms. The lowest BCUT2D eigenvalue weighted by atomic mass is 10.0. The molecular weight excluding hydrogens is 144 g/mol. The third kappa shape index (κ3) is 1.37. The van der Waals surface area contributed by atoms with Crippen LogP contribution in [0.25, 0.3) is 18.2 Å². The molecule has 0 atom stereocenters. The van der Waals surface area contributed by atoms with Gasteiger partial charge in [-0.15, -0.1) is 0 Å². The SMILES string of the molecule is [CH]=Cc1cccc(C=C)c1C=C. The van der Waals surface area contributed by atoms with Gasteiger partial charge in [0.15, 0.2) is 0 Å². The third-order valence-corrected chi connectivity index (χ3v) is 1.78. The zero-order valence-electron chi connectivity index (χ0n) is 6.96. The summed E-state index contributed by atoms with van der Waals surface area (Å²) in [5.41, 5.74) is 3.08. The first-order chi connectivity index (χ1) is 5.83. The van der Waals surface area contributed by atoms with E-state index in [1.54, 1.807) is 18.2 Å². The van der Waals surface area contributed by atoms with Crippen LogP contribution in [0.1, 0.15) is 16.7 Å². The maximum absolute atomic E-state index is 5.44. The molecule has 1 aromatic rings. The van der Waals surface area contributed by atoms with Crippen LogP contribution < -0.4 is 0 Å². The molecule has 59 valence electrons. The topological polar surface area (TPSA) is 0 Å². The lowest BCUT2D eigenvalue weighted by molar-refractivity contribution is 1.58. The van der Waals surface area contributed by atoms with E-state index in [0.717, 1.165) is 16.7 Å². The molecule has 0 heterocycles. The van der Waals surface area contributed by atoms with Gasteiger partial charge in [0.25, 0.3) is 0 Å². The Balaban J connectivity index is 3.40. The second-order valence-corrected chi connectivity index (χ2v) is 2.43. The molecule has 0 aromatic heterocycles. The van der Waals surface area contributed by atoms with Crippen molar-refractivity contribution in [1.29, 1.82) is 0 Å². The minimum Gasteiger partial charge on any atom is -0.0984 e. The normalized spacial score (nSPS) is 9.00. The van der Waals surface area contributed by atoms with Gasteiger partial charge in [-0.1, -0.05) is 56.2 Å². The fourth-order valence-electron chi connectivity index (χ4n) is 1.16. The summed E-state index contributed by atoms with van der Waals surface area (Å²) in [4.78, 5) is 0. The van der Waals surface area contributed by atoms with E-state index in [-0.39, 0.29) is 0 Å². The minimum absolute atomic E-state index is 0.988. The van der Waals surface area contributed by atoms with E-state index < -0.39 is 0 Å². The quantitative estimate of drug-likeness (QED) is 0.627. The summed E-state index contributed by atoms with van der Waals surface area (Å²) in [5, 5.41) is 0. The van der Waals surface area contributed by atoms with Gasteiger partial charge < -0.3 is 0 Å². The Bertz CT molecular complexity index is 293. The van der Waals surface area contributed by atoms with E-state index in [4.69, 9.17) is 6.58 Å². The summed E-state index contributed by atoms with van der Waals surface area (Å²) in [6, 6.07) is 5.88. The van der Waals surface area contributed by atoms with E-state index in [0.29, 0.717) is 0 Å². The molecule has 1 radical (unpaired) electrons. The summed E-state index contributed by atoms with van der Waals surface area (Å²) < 4.78 is 0. The summed E-state index contributed by atoms with van der Waals surface area (Å²) in [5.74, 6) is 0. The van der Waals surface area contributed by atoms with Crippen molar-refractivity contribution in [2.45, 2.75) is 0 Å². The molecular formula is C12H11. The predicted molar refractivity (Wildman–Crippen MR) is 55.4 cm³/mol. The predicted octanol–water partition coefficient (Wildman–Crippen LogP) is 3.42. The van der Waals surface area contributed by atoms with Gasteiger partial charge >= 0.3 is 0 Å². The molecule has 0 N–H and O–H groups in total. The Hall–Kier alpha value is -1.56. The molecule has 0 bridgehead atoms. The molecule has 0 fully saturated rings. The third-order valence-electron chi connectivity index (χ3n) is 1.78. The van der Waals surface area contributed by atoms with Crippen LogP contribution in [0.15, 0.2) is 31.4 Å². The molecule has 1 aromatic carbocycles. The molecule has 0 aliphatic carbocycles. The van der Waals surface area contributed by atoms with Crippen molar-refractivity contribution in [3.63, 3.8) is 0 Å². The van der Waals surface area contributed by atoms with Crippen LogP contribution in [0.2, 0.25) is 0 Å². The number of rotatable bonds is 3. The van der Waals surface area contributed by atoms with Crippen LogP contribution in [-0.4, -0.2) is 0 Å². The lowest BCUT2D eigenvalue weighted by Crippen LogP contribution is -1.84. The summed E-state index contributed by atoms with van der Waals surface area (Å²) >= 11 is 0. The molecule has 0 heteroatoms.